The molecule has 1 aliphatic carbocycles. The van der Waals surface area contributed by atoms with E-state index in [-0.39, 0.29) is 12.2 Å². The number of rotatable bonds is 5. The first kappa shape index (κ1) is 18.4. The molecule has 2 aliphatic heterocycles. The van der Waals surface area contributed by atoms with Gasteiger partial charge < -0.3 is 24.4 Å². The summed E-state index contributed by atoms with van der Waals surface area (Å²) in [7, 11) is 0. The molecular weight excluding hydrogens is 372 g/mol. The van der Waals surface area contributed by atoms with Gasteiger partial charge in [-0.3, -0.25) is 0 Å². The first-order valence-electron chi connectivity index (χ1n) is 9.16. The smallest absolute Gasteiger partial charge is 0.410 e. The van der Waals surface area contributed by atoms with E-state index in [9.17, 15) is 9.59 Å². The van der Waals surface area contributed by atoms with Gasteiger partial charge in [-0.1, -0.05) is 23.7 Å². The van der Waals surface area contributed by atoms with Crippen molar-refractivity contribution in [2.24, 2.45) is 5.92 Å². The Kier molecular flexibility index (Phi) is 4.90. The lowest BCUT2D eigenvalue weighted by Crippen LogP contribution is -2.70. The third-order valence-corrected chi connectivity index (χ3v) is 5.82. The van der Waals surface area contributed by atoms with Crippen molar-refractivity contribution in [1.82, 2.24) is 10.2 Å². The third kappa shape index (κ3) is 3.99. The second-order valence-electron chi connectivity index (χ2n) is 7.78. The minimum atomic E-state index is -0.419. The van der Waals surface area contributed by atoms with Gasteiger partial charge in [-0.2, -0.15) is 0 Å². The van der Waals surface area contributed by atoms with E-state index in [4.69, 9.17) is 25.8 Å². The fourth-order valence-corrected chi connectivity index (χ4v) is 3.87. The number of alkyl carbamates (subject to hydrolysis) is 1. The molecule has 3 fully saturated rings. The number of likely N-dealkylation sites (tertiary alicyclic amines) is 1. The van der Waals surface area contributed by atoms with Crippen LogP contribution in [0.2, 0.25) is 5.02 Å². The average molecular weight is 395 g/mol. The van der Waals surface area contributed by atoms with Gasteiger partial charge in [0.2, 0.25) is 0 Å². The van der Waals surface area contributed by atoms with Crippen molar-refractivity contribution in [2.75, 3.05) is 26.3 Å². The minimum absolute atomic E-state index is 0.0501. The number of aryl methyl sites for hydroxylation is 1. The van der Waals surface area contributed by atoms with Gasteiger partial charge in [0.25, 0.3) is 0 Å². The highest BCUT2D eigenvalue weighted by atomic mass is 35.5. The van der Waals surface area contributed by atoms with Crippen LogP contribution in [-0.2, 0) is 20.8 Å². The second-order valence-corrected chi connectivity index (χ2v) is 8.19. The first-order chi connectivity index (χ1) is 12.9. The Morgan fingerprint density at radius 3 is 2.85 bits per heavy atom. The van der Waals surface area contributed by atoms with Gasteiger partial charge in [0.05, 0.1) is 26.3 Å². The molecule has 3 aliphatic rings. The van der Waals surface area contributed by atoms with Gasteiger partial charge in [-0.05, 0) is 42.9 Å². The highest BCUT2D eigenvalue weighted by Gasteiger charge is 2.52. The van der Waals surface area contributed by atoms with Crippen molar-refractivity contribution in [2.45, 2.75) is 38.0 Å². The lowest BCUT2D eigenvalue weighted by molar-refractivity contribution is -0.0490. The third-order valence-electron chi connectivity index (χ3n) is 5.41. The summed E-state index contributed by atoms with van der Waals surface area (Å²) in [5.41, 5.74) is 1.70. The molecule has 8 heteroatoms. The van der Waals surface area contributed by atoms with Crippen LogP contribution in [0.4, 0.5) is 9.59 Å². The van der Waals surface area contributed by atoms with Crippen molar-refractivity contribution >= 4 is 23.8 Å². The fourth-order valence-electron chi connectivity index (χ4n) is 3.67. The molecule has 0 bridgehead atoms. The second kappa shape index (κ2) is 7.20. The summed E-state index contributed by atoms with van der Waals surface area (Å²) in [5.74, 6) is 0.411. The molecule has 2 heterocycles. The molecule has 2 amide bonds. The molecular formula is C19H23ClN2O5. The van der Waals surface area contributed by atoms with Crippen molar-refractivity contribution in [3.63, 3.8) is 0 Å². The van der Waals surface area contributed by atoms with Gasteiger partial charge in [0.15, 0.2) is 0 Å². The normalized spacial score (nSPS) is 25.4. The van der Waals surface area contributed by atoms with Crippen LogP contribution < -0.4 is 5.32 Å². The Hall–Kier alpha value is -1.99. The number of ether oxygens (including phenoxy) is 3. The molecule has 0 radical (unpaired) electrons. The number of hydrogen-bond acceptors (Lipinski definition) is 5. The van der Waals surface area contributed by atoms with Gasteiger partial charge >= 0.3 is 12.2 Å². The number of benzene rings is 1. The van der Waals surface area contributed by atoms with Gasteiger partial charge in [-0.15, -0.1) is 0 Å². The summed E-state index contributed by atoms with van der Waals surface area (Å²) in [5, 5.41) is 3.50. The number of carbonyl (C=O) groups excluding carboxylic acids is 2. The lowest BCUT2D eigenvalue weighted by Gasteiger charge is -2.46. The molecule has 1 N–H and O–H groups in total. The zero-order chi connectivity index (χ0) is 19.0. The predicted molar refractivity (Wildman–Crippen MR) is 97.6 cm³/mol. The van der Waals surface area contributed by atoms with Crippen LogP contribution in [0.1, 0.15) is 24.0 Å². The summed E-state index contributed by atoms with van der Waals surface area (Å²) in [6.07, 6.45) is 0.849. The van der Waals surface area contributed by atoms with Crippen LogP contribution in [0, 0.1) is 12.8 Å². The molecule has 1 saturated carbocycles. The molecule has 4 rings (SSSR count). The van der Waals surface area contributed by atoms with E-state index in [1.165, 1.54) is 0 Å². The van der Waals surface area contributed by atoms with Gasteiger partial charge in [-0.25, -0.2) is 9.59 Å². The number of hydrogen-bond donors (Lipinski definition) is 1. The molecule has 0 unspecified atom stereocenters. The van der Waals surface area contributed by atoms with Crippen molar-refractivity contribution in [3.8, 4) is 0 Å². The molecule has 0 aromatic heterocycles. The van der Waals surface area contributed by atoms with Crippen LogP contribution in [-0.4, -0.2) is 55.0 Å². The van der Waals surface area contributed by atoms with Crippen molar-refractivity contribution in [3.05, 3.63) is 34.3 Å². The predicted octanol–water partition coefficient (Wildman–Crippen LogP) is 2.87. The largest absolute Gasteiger partial charge is 0.447 e. The Morgan fingerprint density at radius 1 is 1.41 bits per heavy atom. The Labute approximate surface area is 162 Å². The number of halogens is 1. The highest BCUT2D eigenvalue weighted by molar-refractivity contribution is 6.31. The van der Waals surface area contributed by atoms with Gasteiger partial charge in [0.1, 0.15) is 18.2 Å². The molecule has 2 saturated heterocycles. The molecule has 1 aromatic carbocycles. The Morgan fingerprint density at radius 2 is 2.19 bits per heavy atom. The van der Waals surface area contributed by atoms with Crippen LogP contribution >= 0.6 is 11.6 Å². The zero-order valence-corrected chi connectivity index (χ0v) is 16.0. The van der Waals surface area contributed by atoms with Crippen LogP contribution in [0.15, 0.2) is 18.2 Å². The summed E-state index contributed by atoms with van der Waals surface area (Å²) in [6, 6.07) is 5.94. The molecule has 1 spiro atoms. The van der Waals surface area contributed by atoms with E-state index in [1.807, 2.05) is 25.1 Å². The average Bonchev–Trinajstić information content (AvgIpc) is 2.96. The van der Waals surface area contributed by atoms with Crippen molar-refractivity contribution in [1.29, 1.82) is 0 Å². The quantitative estimate of drug-likeness (QED) is 0.830. The molecule has 1 aromatic rings. The zero-order valence-electron chi connectivity index (χ0n) is 15.2. The number of cyclic esters (lactones) is 1. The molecule has 27 heavy (non-hydrogen) atoms. The number of nitrogens with one attached hydrogen (secondary N) is 1. The van der Waals surface area contributed by atoms with E-state index < -0.39 is 11.6 Å². The van der Waals surface area contributed by atoms with E-state index in [0.29, 0.717) is 38.8 Å². The number of nitrogens with zero attached hydrogens (tertiary/aromatic N) is 1. The van der Waals surface area contributed by atoms with Crippen LogP contribution in [0.5, 0.6) is 0 Å². The van der Waals surface area contributed by atoms with E-state index in [0.717, 1.165) is 29.0 Å². The summed E-state index contributed by atoms with van der Waals surface area (Å²) in [4.78, 5) is 24.8. The van der Waals surface area contributed by atoms with Crippen molar-refractivity contribution < 1.29 is 23.8 Å². The first-order valence-corrected chi connectivity index (χ1v) is 9.53. The van der Waals surface area contributed by atoms with E-state index in [1.54, 1.807) is 4.90 Å². The standard InChI is InChI=1S/C19H23ClN2O5/c1-12-2-3-13(6-16(12)20)7-25-8-14-4-15(5-14)27-18(24)22-9-19(10-22)11-26-17(23)21-19/h2-3,6,14-15H,4-5,7-11H2,1H3,(H,21,23). The lowest BCUT2D eigenvalue weighted by atomic mass is 9.83. The number of carbonyl (C=O) groups is 2. The molecule has 7 nitrogen and oxygen atoms in total. The Bertz CT molecular complexity index is 744. The summed E-state index contributed by atoms with van der Waals surface area (Å²) in [6.45, 7) is 4.34. The Balaban J connectivity index is 1.11. The SMILES string of the molecule is Cc1ccc(COCC2CC(OC(=O)N3CC4(COC(=O)N4)C3)C2)cc1Cl. The summed E-state index contributed by atoms with van der Waals surface area (Å²) >= 11 is 6.11. The fraction of sp³-hybridized carbons (Fsp3) is 0.579. The number of amides is 2. The van der Waals surface area contributed by atoms with Gasteiger partial charge in [0, 0.05) is 5.02 Å². The maximum atomic E-state index is 12.1. The maximum absolute atomic E-state index is 12.1. The molecule has 146 valence electrons. The maximum Gasteiger partial charge on any atom is 0.410 e. The van der Waals surface area contributed by atoms with E-state index in [2.05, 4.69) is 5.32 Å². The summed E-state index contributed by atoms with van der Waals surface area (Å²) < 4.78 is 16.2. The van der Waals surface area contributed by atoms with Crippen LogP contribution in [0.25, 0.3) is 0 Å². The highest BCUT2D eigenvalue weighted by Crippen LogP contribution is 2.33. The topological polar surface area (TPSA) is 77.1 Å². The molecule has 0 atom stereocenters. The van der Waals surface area contributed by atoms with Crippen LogP contribution in [0.3, 0.4) is 0 Å². The van der Waals surface area contributed by atoms with E-state index >= 15 is 0 Å². The minimum Gasteiger partial charge on any atom is -0.447 e. The monoisotopic (exact) mass is 394 g/mol.